The second kappa shape index (κ2) is 6.53. The Labute approximate surface area is 124 Å². The van der Waals surface area contributed by atoms with Crippen LogP contribution in [-0.4, -0.2) is 11.0 Å². The van der Waals surface area contributed by atoms with Crippen LogP contribution in [0.15, 0.2) is 45.2 Å². The average molecular weight is 316 g/mol. The van der Waals surface area contributed by atoms with E-state index in [0.717, 1.165) is 17.8 Å². The van der Waals surface area contributed by atoms with E-state index < -0.39 is 11.7 Å². The minimum atomic E-state index is -4.39. The van der Waals surface area contributed by atoms with Crippen molar-refractivity contribution in [1.29, 1.82) is 0 Å². The maximum absolute atomic E-state index is 13.2. The fourth-order valence-corrected chi connectivity index (χ4v) is 2.44. The summed E-state index contributed by atoms with van der Waals surface area (Å²) in [6.45, 7) is 3.95. The molecule has 0 aliphatic rings. The average Bonchev–Trinajstić information content (AvgIpc) is 2.89. The van der Waals surface area contributed by atoms with Crippen molar-refractivity contribution in [2.75, 3.05) is 0 Å². The van der Waals surface area contributed by atoms with Crippen molar-refractivity contribution in [3.05, 3.63) is 41.8 Å². The van der Waals surface area contributed by atoms with Crippen LogP contribution in [0, 0.1) is 0 Å². The molecule has 114 valence electrons. The Morgan fingerprint density at radius 3 is 2.67 bits per heavy atom. The van der Waals surface area contributed by atoms with Crippen molar-refractivity contribution in [3.63, 3.8) is 0 Å². The summed E-state index contributed by atoms with van der Waals surface area (Å²) in [6.07, 6.45) is -1.55. The van der Waals surface area contributed by atoms with Gasteiger partial charge >= 0.3 is 6.18 Å². The monoisotopic (exact) mass is 316 g/mol. The summed E-state index contributed by atoms with van der Waals surface area (Å²) in [5.41, 5.74) is -0.403. The van der Waals surface area contributed by atoms with Crippen LogP contribution in [0.1, 0.15) is 25.0 Å². The molecule has 0 aliphatic carbocycles. The van der Waals surface area contributed by atoms with Gasteiger partial charge in [0.25, 0.3) is 5.22 Å². The van der Waals surface area contributed by atoms with Gasteiger partial charge in [0.15, 0.2) is 0 Å². The normalized spacial score (nSPS) is 12.1. The van der Waals surface area contributed by atoms with Crippen LogP contribution in [-0.2, 0) is 12.7 Å². The number of hydrogen-bond acceptors (Lipinski definition) is 4. The Hall–Kier alpha value is -1.47. The van der Waals surface area contributed by atoms with Gasteiger partial charge in [0.2, 0.25) is 0 Å². The summed E-state index contributed by atoms with van der Waals surface area (Å²) in [5.74, 6) is 0. The van der Waals surface area contributed by atoms with Crippen molar-refractivity contribution in [1.82, 2.24) is 10.3 Å². The molecule has 0 saturated carbocycles. The number of nitrogens with one attached hydrogen (secondary N) is 1. The third-order valence-corrected chi connectivity index (χ3v) is 3.57. The molecule has 3 nitrogen and oxygen atoms in total. The van der Waals surface area contributed by atoms with E-state index in [1.165, 1.54) is 18.5 Å². The molecule has 1 N–H and O–H groups in total. The highest BCUT2D eigenvalue weighted by Gasteiger charge is 2.33. The fourth-order valence-electron chi connectivity index (χ4n) is 1.71. The van der Waals surface area contributed by atoms with Gasteiger partial charge in [-0.2, -0.15) is 13.2 Å². The number of oxazole rings is 1. The molecule has 0 atom stereocenters. The molecule has 1 aromatic heterocycles. The first-order valence-corrected chi connectivity index (χ1v) is 7.19. The molecular formula is C14H15F3N2OS. The summed E-state index contributed by atoms with van der Waals surface area (Å²) in [4.78, 5) is 4.33. The number of nitrogens with zero attached hydrogens (tertiary/aromatic N) is 1. The Morgan fingerprint density at radius 2 is 2.10 bits per heavy atom. The molecule has 21 heavy (non-hydrogen) atoms. The molecule has 2 aromatic rings. The van der Waals surface area contributed by atoms with Gasteiger partial charge in [0.1, 0.15) is 6.26 Å². The Morgan fingerprint density at radius 1 is 1.33 bits per heavy atom. The standard InChI is InChI=1S/C14H15F3N2OS/c1-9(2)19-8-10-3-4-11(7-12(10)14(15,16)17)21-13-18-5-6-20-13/h3-7,9,19H,8H2,1-2H3. The molecule has 0 spiro atoms. The van der Waals surface area contributed by atoms with E-state index in [4.69, 9.17) is 4.42 Å². The molecule has 0 radical (unpaired) electrons. The number of rotatable bonds is 5. The lowest BCUT2D eigenvalue weighted by atomic mass is 10.1. The lowest BCUT2D eigenvalue weighted by Crippen LogP contribution is -2.23. The summed E-state index contributed by atoms with van der Waals surface area (Å²) in [6, 6.07) is 4.38. The lowest BCUT2D eigenvalue weighted by molar-refractivity contribution is -0.138. The Balaban J connectivity index is 2.26. The molecular weight excluding hydrogens is 301 g/mol. The number of aromatic nitrogens is 1. The minimum Gasteiger partial charge on any atom is -0.440 e. The van der Waals surface area contributed by atoms with Crippen LogP contribution in [0.4, 0.5) is 13.2 Å². The molecule has 2 rings (SSSR count). The van der Waals surface area contributed by atoms with Crippen molar-refractivity contribution >= 4 is 11.8 Å². The molecule has 0 saturated heterocycles. The smallest absolute Gasteiger partial charge is 0.416 e. The number of benzene rings is 1. The highest BCUT2D eigenvalue weighted by atomic mass is 32.2. The summed E-state index contributed by atoms with van der Waals surface area (Å²) in [5, 5.41) is 3.32. The number of halogens is 3. The van der Waals surface area contributed by atoms with Crippen molar-refractivity contribution in [3.8, 4) is 0 Å². The van der Waals surface area contributed by atoms with E-state index >= 15 is 0 Å². The second-order valence-corrected chi connectivity index (χ2v) is 5.78. The molecule has 0 bridgehead atoms. The van der Waals surface area contributed by atoms with E-state index in [9.17, 15) is 13.2 Å². The zero-order chi connectivity index (χ0) is 15.5. The maximum atomic E-state index is 13.2. The third-order valence-electron chi connectivity index (χ3n) is 2.70. The van der Waals surface area contributed by atoms with E-state index in [2.05, 4.69) is 10.3 Å². The van der Waals surface area contributed by atoms with E-state index in [0.29, 0.717) is 10.1 Å². The van der Waals surface area contributed by atoms with E-state index in [1.54, 1.807) is 6.07 Å². The third kappa shape index (κ3) is 4.50. The lowest BCUT2D eigenvalue weighted by Gasteiger charge is -2.16. The maximum Gasteiger partial charge on any atom is 0.416 e. The van der Waals surface area contributed by atoms with Gasteiger partial charge in [-0.3, -0.25) is 0 Å². The van der Waals surface area contributed by atoms with Crippen molar-refractivity contribution in [2.24, 2.45) is 0 Å². The van der Waals surface area contributed by atoms with Gasteiger partial charge in [-0.25, -0.2) is 4.98 Å². The summed E-state index contributed by atoms with van der Waals surface area (Å²) >= 11 is 1.06. The van der Waals surface area contributed by atoms with Gasteiger partial charge in [0, 0.05) is 17.5 Å². The topological polar surface area (TPSA) is 38.1 Å². The van der Waals surface area contributed by atoms with Crippen molar-refractivity contribution < 1.29 is 17.6 Å². The highest BCUT2D eigenvalue weighted by molar-refractivity contribution is 7.99. The SMILES string of the molecule is CC(C)NCc1ccc(Sc2ncco2)cc1C(F)(F)F. The molecule has 0 amide bonds. The van der Waals surface area contributed by atoms with Gasteiger partial charge in [0.05, 0.1) is 11.8 Å². The predicted molar refractivity (Wildman–Crippen MR) is 74.0 cm³/mol. The minimum absolute atomic E-state index is 0.118. The van der Waals surface area contributed by atoms with Gasteiger partial charge in [-0.15, -0.1) is 0 Å². The number of hydrogen-bond donors (Lipinski definition) is 1. The molecule has 0 unspecified atom stereocenters. The first-order chi connectivity index (χ1) is 9.86. The van der Waals surface area contributed by atoms with Crippen LogP contribution in [0.2, 0.25) is 0 Å². The van der Waals surface area contributed by atoms with Gasteiger partial charge < -0.3 is 9.73 Å². The molecule has 7 heteroatoms. The van der Waals surface area contributed by atoms with Crippen LogP contribution in [0.3, 0.4) is 0 Å². The van der Waals surface area contributed by atoms with E-state index in [-0.39, 0.29) is 18.2 Å². The highest BCUT2D eigenvalue weighted by Crippen LogP contribution is 2.36. The van der Waals surface area contributed by atoms with Crippen LogP contribution >= 0.6 is 11.8 Å². The predicted octanol–water partition coefficient (Wildman–Crippen LogP) is 4.34. The summed E-state index contributed by atoms with van der Waals surface area (Å²) in [7, 11) is 0. The van der Waals surface area contributed by atoms with Crippen LogP contribution in [0.25, 0.3) is 0 Å². The molecule has 0 fully saturated rings. The molecule has 1 aromatic carbocycles. The summed E-state index contributed by atoms with van der Waals surface area (Å²) < 4.78 is 44.5. The van der Waals surface area contributed by atoms with Gasteiger partial charge in [-0.1, -0.05) is 19.9 Å². The number of alkyl halides is 3. The largest absolute Gasteiger partial charge is 0.440 e. The first-order valence-electron chi connectivity index (χ1n) is 6.37. The zero-order valence-corrected chi connectivity index (χ0v) is 12.4. The van der Waals surface area contributed by atoms with Crippen molar-refractivity contribution in [2.45, 2.75) is 42.7 Å². The zero-order valence-electron chi connectivity index (χ0n) is 11.6. The van der Waals surface area contributed by atoms with E-state index in [1.807, 2.05) is 13.8 Å². The van der Waals surface area contributed by atoms with Gasteiger partial charge in [-0.05, 0) is 29.5 Å². The first kappa shape index (κ1) is 15.9. The Kier molecular flexibility index (Phi) is 4.95. The molecule has 0 aliphatic heterocycles. The Bertz CT molecular complexity index is 582. The van der Waals surface area contributed by atoms with Crippen LogP contribution in [0.5, 0.6) is 0 Å². The van der Waals surface area contributed by atoms with Crippen LogP contribution < -0.4 is 5.32 Å². The fraction of sp³-hybridized carbons (Fsp3) is 0.357. The quantitative estimate of drug-likeness (QED) is 0.890. The second-order valence-electron chi connectivity index (χ2n) is 4.75. The molecule has 1 heterocycles.